The Kier molecular flexibility index (Phi) is 6.36. The Morgan fingerprint density at radius 2 is 1.79 bits per heavy atom. The van der Waals surface area contributed by atoms with Crippen LogP contribution in [0, 0.1) is 0 Å². The smallest absolute Gasteiger partial charge is 0.267 e. The number of nitrogens with zero attached hydrogens (tertiary/aromatic N) is 3. The summed E-state index contributed by atoms with van der Waals surface area (Å²) in [5, 5.41) is 3.91. The van der Waals surface area contributed by atoms with Crippen LogP contribution in [0.25, 0.3) is 0 Å². The number of hydrazone groups is 1. The van der Waals surface area contributed by atoms with Gasteiger partial charge in [-0.2, -0.15) is 5.10 Å². The molecule has 0 saturated carbocycles. The van der Waals surface area contributed by atoms with Gasteiger partial charge in [0, 0.05) is 23.5 Å². The predicted octanol–water partition coefficient (Wildman–Crippen LogP) is 2.81. The first-order valence-corrected chi connectivity index (χ1v) is 10.6. The summed E-state index contributed by atoms with van der Waals surface area (Å²) in [5.74, 6) is -0.361. The predicted molar refractivity (Wildman–Crippen MR) is 113 cm³/mol. The number of sulfonamides is 1. The van der Waals surface area contributed by atoms with Gasteiger partial charge in [0.15, 0.2) is 0 Å². The molecule has 29 heavy (non-hydrogen) atoms. The van der Waals surface area contributed by atoms with Crippen molar-refractivity contribution in [3.05, 3.63) is 95.8 Å². The van der Waals surface area contributed by atoms with E-state index in [1.165, 1.54) is 16.8 Å². The van der Waals surface area contributed by atoms with Crippen molar-refractivity contribution in [2.75, 3.05) is 10.6 Å². The van der Waals surface area contributed by atoms with Crippen molar-refractivity contribution in [2.24, 2.45) is 5.10 Å². The van der Waals surface area contributed by atoms with E-state index in [0.717, 1.165) is 11.1 Å². The van der Waals surface area contributed by atoms with Gasteiger partial charge in [-0.3, -0.25) is 14.1 Å². The normalized spacial score (nSPS) is 11.3. The molecule has 0 fully saturated rings. The molecule has 2 aromatic carbocycles. The van der Waals surface area contributed by atoms with Gasteiger partial charge in [0.2, 0.25) is 10.0 Å². The topological polar surface area (TPSA) is 91.7 Å². The molecule has 0 saturated heterocycles. The van der Waals surface area contributed by atoms with Crippen LogP contribution in [0.5, 0.6) is 0 Å². The highest BCUT2D eigenvalue weighted by molar-refractivity contribution is 7.92. The van der Waals surface area contributed by atoms with E-state index in [-0.39, 0.29) is 12.5 Å². The van der Waals surface area contributed by atoms with E-state index in [4.69, 9.17) is 0 Å². The summed E-state index contributed by atoms with van der Waals surface area (Å²) < 4.78 is 25.7. The Balaban J connectivity index is 1.67. The summed E-state index contributed by atoms with van der Waals surface area (Å²) >= 11 is 0. The molecule has 7 nitrogen and oxygen atoms in total. The Hall–Kier alpha value is -3.52. The van der Waals surface area contributed by atoms with Gasteiger partial charge in [-0.1, -0.05) is 36.4 Å². The average Bonchev–Trinajstić information content (AvgIpc) is 2.73. The van der Waals surface area contributed by atoms with Gasteiger partial charge in [-0.05, 0) is 35.9 Å². The van der Waals surface area contributed by atoms with Crippen LogP contribution in [0.15, 0.2) is 84.2 Å². The molecule has 0 bridgehead atoms. The van der Waals surface area contributed by atoms with Crippen LogP contribution < -0.4 is 9.73 Å². The van der Waals surface area contributed by atoms with Crippen molar-refractivity contribution >= 4 is 27.8 Å². The number of rotatable bonds is 7. The number of anilines is 1. The minimum Gasteiger partial charge on any atom is -0.267 e. The largest absolute Gasteiger partial charge is 0.271 e. The Morgan fingerprint density at radius 3 is 2.41 bits per heavy atom. The first kappa shape index (κ1) is 20.2. The molecule has 148 valence electrons. The molecule has 3 aromatic rings. The SMILES string of the molecule is CS(=O)(=O)N(Cc1ccc(C(=O)N/N=C\c2cccnc2)cc1)c1ccccc1. The van der Waals surface area contributed by atoms with Gasteiger partial charge in [0.25, 0.3) is 5.91 Å². The van der Waals surface area contributed by atoms with Crippen LogP contribution >= 0.6 is 0 Å². The zero-order valence-corrected chi connectivity index (χ0v) is 16.6. The number of carbonyl (C=O) groups excluding carboxylic acids is 1. The Labute approximate surface area is 169 Å². The van der Waals surface area contributed by atoms with Gasteiger partial charge in [0.1, 0.15) is 0 Å². The molecule has 1 heterocycles. The number of para-hydroxylation sites is 1. The van der Waals surface area contributed by atoms with Crippen LogP contribution in [0.4, 0.5) is 5.69 Å². The van der Waals surface area contributed by atoms with Gasteiger partial charge in [-0.25, -0.2) is 13.8 Å². The third-order valence-corrected chi connectivity index (χ3v) is 5.19. The van der Waals surface area contributed by atoms with Gasteiger partial charge in [-0.15, -0.1) is 0 Å². The lowest BCUT2D eigenvalue weighted by molar-refractivity contribution is 0.0955. The molecular formula is C21H20N4O3S. The summed E-state index contributed by atoms with van der Waals surface area (Å²) in [6.07, 6.45) is 5.95. The Morgan fingerprint density at radius 1 is 1.07 bits per heavy atom. The van der Waals surface area contributed by atoms with E-state index in [1.54, 1.807) is 67.0 Å². The van der Waals surface area contributed by atoms with Gasteiger partial charge >= 0.3 is 0 Å². The fourth-order valence-electron chi connectivity index (χ4n) is 2.60. The molecule has 0 unspecified atom stereocenters. The molecule has 0 spiro atoms. The third-order valence-electron chi connectivity index (χ3n) is 4.05. The summed E-state index contributed by atoms with van der Waals surface area (Å²) in [6.45, 7) is 0.171. The number of amides is 1. The molecule has 0 aliphatic heterocycles. The highest BCUT2D eigenvalue weighted by Gasteiger charge is 2.17. The number of benzene rings is 2. The average molecular weight is 408 g/mol. The molecule has 8 heteroatoms. The molecule has 1 N–H and O–H groups in total. The quantitative estimate of drug-likeness (QED) is 0.481. The molecule has 0 aliphatic rings. The van der Waals surface area contributed by atoms with Crippen molar-refractivity contribution in [2.45, 2.75) is 6.54 Å². The zero-order chi connectivity index (χ0) is 20.7. The zero-order valence-electron chi connectivity index (χ0n) is 15.8. The molecule has 3 rings (SSSR count). The summed E-state index contributed by atoms with van der Waals surface area (Å²) in [5.41, 5.74) is 4.99. The standard InChI is InChI=1S/C21H20N4O3S/c1-29(27,28)25(20-7-3-2-4-8-20)16-17-9-11-19(12-10-17)21(26)24-23-15-18-6-5-13-22-14-18/h2-15H,16H2,1H3,(H,24,26)/b23-15-. The number of pyridine rings is 1. The van der Waals surface area contributed by atoms with Crippen LogP contribution in [0.2, 0.25) is 0 Å². The fraction of sp³-hybridized carbons (Fsp3) is 0.0952. The van der Waals surface area contributed by atoms with Crippen molar-refractivity contribution in [3.63, 3.8) is 0 Å². The second-order valence-electron chi connectivity index (χ2n) is 6.29. The van der Waals surface area contributed by atoms with Crippen molar-refractivity contribution in [1.29, 1.82) is 0 Å². The maximum absolute atomic E-state index is 12.2. The highest BCUT2D eigenvalue weighted by atomic mass is 32.2. The van der Waals surface area contributed by atoms with Gasteiger partial charge < -0.3 is 0 Å². The number of nitrogens with one attached hydrogen (secondary N) is 1. The van der Waals surface area contributed by atoms with Crippen LogP contribution in [0.3, 0.4) is 0 Å². The lowest BCUT2D eigenvalue weighted by Gasteiger charge is -2.22. The third kappa shape index (κ3) is 5.73. The first-order valence-electron chi connectivity index (χ1n) is 8.78. The van der Waals surface area contributed by atoms with Crippen molar-refractivity contribution < 1.29 is 13.2 Å². The van der Waals surface area contributed by atoms with Crippen molar-refractivity contribution in [3.8, 4) is 0 Å². The lowest BCUT2D eigenvalue weighted by Crippen LogP contribution is -2.29. The fourth-order valence-corrected chi connectivity index (χ4v) is 3.49. The monoisotopic (exact) mass is 408 g/mol. The molecule has 1 amide bonds. The van der Waals surface area contributed by atoms with E-state index in [1.807, 2.05) is 12.1 Å². The maximum atomic E-state index is 12.2. The van der Waals surface area contributed by atoms with E-state index in [0.29, 0.717) is 11.3 Å². The summed E-state index contributed by atoms with van der Waals surface area (Å²) in [6, 6.07) is 19.2. The number of hydrogen-bond acceptors (Lipinski definition) is 5. The van der Waals surface area contributed by atoms with Crippen LogP contribution in [-0.4, -0.2) is 31.8 Å². The van der Waals surface area contributed by atoms with E-state index < -0.39 is 10.0 Å². The highest BCUT2D eigenvalue weighted by Crippen LogP contribution is 2.20. The van der Waals surface area contributed by atoms with Crippen LogP contribution in [0.1, 0.15) is 21.5 Å². The van der Waals surface area contributed by atoms with Crippen molar-refractivity contribution in [1.82, 2.24) is 10.4 Å². The van der Waals surface area contributed by atoms with Gasteiger partial charge in [0.05, 0.1) is 24.7 Å². The van der Waals surface area contributed by atoms with Crippen LogP contribution in [-0.2, 0) is 16.6 Å². The Bertz CT molecular complexity index is 1080. The minimum atomic E-state index is -3.45. The van der Waals surface area contributed by atoms with E-state index >= 15 is 0 Å². The number of carbonyl (C=O) groups is 1. The second kappa shape index (κ2) is 9.11. The number of aromatic nitrogens is 1. The lowest BCUT2D eigenvalue weighted by atomic mass is 10.1. The maximum Gasteiger partial charge on any atom is 0.271 e. The summed E-state index contributed by atoms with van der Waals surface area (Å²) in [7, 11) is -3.45. The molecular weight excluding hydrogens is 388 g/mol. The summed E-state index contributed by atoms with van der Waals surface area (Å²) in [4.78, 5) is 16.2. The number of hydrogen-bond donors (Lipinski definition) is 1. The molecule has 0 atom stereocenters. The first-order chi connectivity index (χ1) is 13.9. The minimum absolute atomic E-state index is 0.171. The van der Waals surface area contributed by atoms with E-state index in [2.05, 4.69) is 15.5 Å². The molecule has 1 aromatic heterocycles. The van der Waals surface area contributed by atoms with E-state index in [9.17, 15) is 13.2 Å². The molecule has 0 radical (unpaired) electrons. The molecule has 0 aliphatic carbocycles. The second-order valence-corrected chi connectivity index (χ2v) is 8.19.